The van der Waals surface area contributed by atoms with Gasteiger partial charge in [0.15, 0.2) is 0 Å². The zero-order valence-electron chi connectivity index (χ0n) is 10.7. The molecule has 0 atom stereocenters. The molecule has 2 aromatic carbocycles. The van der Waals surface area contributed by atoms with Crippen LogP contribution in [0.2, 0.25) is 0 Å². The maximum atomic E-state index is 10.5. The third-order valence-corrected chi connectivity index (χ3v) is 3.30. The highest BCUT2D eigenvalue weighted by atomic mass is 32.2. The third-order valence-electron chi connectivity index (χ3n) is 2.43. The van der Waals surface area contributed by atoms with Crippen molar-refractivity contribution in [3.63, 3.8) is 0 Å². The lowest BCUT2D eigenvalue weighted by Gasteiger charge is -1.95. The average molecular weight is 280 g/mol. The summed E-state index contributed by atoms with van der Waals surface area (Å²) in [6.07, 6.45) is 0. The van der Waals surface area contributed by atoms with E-state index in [9.17, 15) is 8.42 Å². The van der Waals surface area contributed by atoms with Crippen LogP contribution in [0.1, 0.15) is 11.1 Å². The number of aromatic hydroxyl groups is 1. The van der Waals surface area contributed by atoms with E-state index in [2.05, 4.69) is 0 Å². The quantitative estimate of drug-likeness (QED) is 0.788. The van der Waals surface area contributed by atoms with Crippen molar-refractivity contribution in [3.05, 3.63) is 59.7 Å². The molecule has 0 unspecified atom stereocenters. The third kappa shape index (κ3) is 5.11. The summed E-state index contributed by atoms with van der Waals surface area (Å²) in [6, 6.07) is 13.2. The molecule has 0 radical (unpaired) electrons. The number of para-hydroxylation sites is 1. The van der Waals surface area contributed by atoms with Crippen LogP contribution in [0, 0.1) is 13.8 Å². The van der Waals surface area contributed by atoms with E-state index >= 15 is 0 Å². The second-order valence-electron chi connectivity index (χ2n) is 4.07. The summed E-state index contributed by atoms with van der Waals surface area (Å²) in [7, 11) is -4.02. The molecule has 0 aromatic heterocycles. The molecule has 0 aliphatic carbocycles. The minimum atomic E-state index is -4.02. The van der Waals surface area contributed by atoms with Crippen molar-refractivity contribution < 1.29 is 18.1 Å². The standard InChI is InChI=1S/C7H8O3S.C7H8O/c1-6-2-4-7(5-3-6)11(8,9)10;1-6-4-2-3-5-7(6)8/h2-5H,1H3,(H,8,9,10);2-5,8H,1H3. The molecule has 4 nitrogen and oxygen atoms in total. The zero-order chi connectivity index (χ0) is 14.5. The van der Waals surface area contributed by atoms with Gasteiger partial charge in [-0.15, -0.1) is 0 Å². The van der Waals surface area contributed by atoms with Crippen molar-refractivity contribution in [2.75, 3.05) is 0 Å². The van der Waals surface area contributed by atoms with E-state index in [-0.39, 0.29) is 4.90 Å². The van der Waals surface area contributed by atoms with Crippen LogP contribution in [0.4, 0.5) is 0 Å². The molecule has 5 heteroatoms. The minimum absolute atomic E-state index is 0.0666. The van der Waals surface area contributed by atoms with E-state index in [0.717, 1.165) is 11.1 Å². The first kappa shape index (κ1) is 15.2. The molecule has 2 N–H and O–H groups in total. The van der Waals surface area contributed by atoms with Gasteiger partial charge in [0.2, 0.25) is 0 Å². The molecular formula is C14H16O4S. The highest BCUT2D eigenvalue weighted by molar-refractivity contribution is 7.85. The number of phenolic OH excluding ortho intramolecular Hbond substituents is 1. The monoisotopic (exact) mass is 280 g/mol. The Morgan fingerprint density at radius 1 is 0.895 bits per heavy atom. The maximum Gasteiger partial charge on any atom is 0.294 e. The fraction of sp³-hybridized carbons (Fsp3) is 0.143. The van der Waals surface area contributed by atoms with E-state index in [4.69, 9.17) is 9.66 Å². The Morgan fingerprint density at radius 3 is 1.79 bits per heavy atom. The van der Waals surface area contributed by atoms with Gasteiger partial charge in [-0.05, 0) is 37.6 Å². The number of rotatable bonds is 1. The smallest absolute Gasteiger partial charge is 0.294 e. The van der Waals surface area contributed by atoms with E-state index < -0.39 is 10.1 Å². The van der Waals surface area contributed by atoms with Crippen molar-refractivity contribution in [3.8, 4) is 5.75 Å². The van der Waals surface area contributed by atoms with Gasteiger partial charge >= 0.3 is 0 Å². The van der Waals surface area contributed by atoms with Crippen molar-refractivity contribution in [1.29, 1.82) is 0 Å². The molecule has 0 saturated carbocycles. The predicted molar refractivity (Wildman–Crippen MR) is 73.8 cm³/mol. The van der Waals surface area contributed by atoms with Crippen LogP contribution in [0.15, 0.2) is 53.4 Å². The summed E-state index contributed by atoms with van der Waals surface area (Å²) in [4.78, 5) is -0.0666. The van der Waals surface area contributed by atoms with Crippen molar-refractivity contribution in [2.45, 2.75) is 18.7 Å². The molecule has 19 heavy (non-hydrogen) atoms. The van der Waals surface area contributed by atoms with E-state index in [1.807, 2.05) is 32.0 Å². The number of hydrogen-bond acceptors (Lipinski definition) is 3. The topological polar surface area (TPSA) is 74.6 Å². The Kier molecular flexibility index (Phi) is 5.09. The lowest BCUT2D eigenvalue weighted by Crippen LogP contribution is -1.96. The van der Waals surface area contributed by atoms with Gasteiger partial charge in [-0.3, -0.25) is 4.55 Å². The van der Waals surface area contributed by atoms with Gasteiger partial charge in [-0.25, -0.2) is 0 Å². The Morgan fingerprint density at radius 2 is 1.42 bits per heavy atom. The molecule has 0 heterocycles. The Labute approximate surface area is 113 Å². The fourth-order valence-electron chi connectivity index (χ4n) is 1.27. The lowest BCUT2D eigenvalue weighted by molar-refractivity contribution is 0.471. The fourth-order valence-corrected chi connectivity index (χ4v) is 1.75. The van der Waals surface area contributed by atoms with Crippen molar-refractivity contribution >= 4 is 10.1 Å². The van der Waals surface area contributed by atoms with Crippen LogP contribution in [0.25, 0.3) is 0 Å². The molecule has 0 spiro atoms. The van der Waals surface area contributed by atoms with Gasteiger partial charge in [0.05, 0.1) is 4.90 Å². The van der Waals surface area contributed by atoms with Gasteiger partial charge in [-0.1, -0.05) is 35.9 Å². The van der Waals surface area contributed by atoms with Crippen LogP contribution in [0.3, 0.4) is 0 Å². The van der Waals surface area contributed by atoms with Crippen molar-refractivity contribution in [2.24, 2.45) is 0 Å². The van der Waals surface area contributed by atoms with Crippen LogP contribution in [-0.2, 0) is 10.1 Å². The zero-order valence-corrected chi connectivity index (χ0v) is 11.6. The molecular weight excluding hydrogens is 264 g/mol. The maximum absolute atomic E-state index is 10.5. The SMILES string of the molecule is Cc1ccc(S(=O)(=O)O)cc1.Cc1ccccc1O. The first-order valence-electron chi connectivity index (χ1n) is 5.59. The van der Waals surface area contributed by atoms with Gasteiger partial charge in [0.1, 0.15) is 5.75 Å². The second-order valence-corrected chi connectivity index (χ2v) is 5.50. The molecule has 102 valence electrons. The van der Waals surface area contributed by atoms with Gasteiger partial charge in [0.25, 0.3) is 10.1 Å². The Balaban J connectivity index is 0.000000200. The van der Waals surface area contributed by atoms with Crippen LogP contribution in [0.5, 0.6) is 5.75 Å². The summed E-state index contributed by atoms with van der Waals surface area (Å²) >= 11 is 0. The number of benzene rings is 2. The molecule has 2 aromatic rings. The van der Waals surface area contributed by atoms with E-state index in [0.29, 0.717) is 5.75 Å². The van der Waals surface area contributed by atoms with Crippen LogP contribution < -0.4 is 0 Å². The summed E-state index contributed by atoms with van der Waals surface area (Å²) in [5.41, 5.74) is 1.88. The Hall–Kier alpha value is -1.85. The first-order chi connectivity index (χ1) is 8.80. The summed E-state index contributed by atoms with van der Waals surface area (Å²) in [5.74, 6) is 0.368. The molecule has 0 saturated heterocycles. The molecule has 0 fully saturated rings. The van der Waals surface area contributed by atoms with E-state index in [1.54, 1.807) is 18.2 Å². The summed E-state index contributed by atoms with van der Waals surface area (Å²) in [5, 5.41) is 8.92. The number of aryl methyl sites for hydroxylation is 2. The van der Waals surface area contributed by atoms with Gasteiger partial charge in [-0.2, -0.15) is 8.42 Å². The second kappa shape index (κ2) is 6.36. The number of phenols is 1. The van der Waals surface area contributed by atoms with Gasteiger partial charge < -0.3 is 5.11 Å². The average Bonchev–Trinajstić information content (AvgIpc) is 2.33. The molecule has 0 aliphatic rings. The number of hydrogen-bond donors (Lipinski definition) is 2. The first-order valence-corrected chi connectivity index (χ1v) is 7.03. The highest BCUT2D eigenvalue weighted by Crippen LogP contribution is 2.12. The van der Waals surface area contributed by atoms with Crippen LogP contribution >= 0.6 is 0 Å². The van der Waals surface area contributed by atoms with Crippen LogP contribution in [-0.4, -0.2) is 18.1 Å². The molecule has 0 amide bonds. The molecule has 0 aliphatic heterocycles. The van der Waals surface area contributed by atoms with E-state index in [1.165, 1.54) is 12.1 Å². The summed E-state index contributed by atoms with van der Waals surface area (Å²) in [6.45, 7) is 3.71. The van der Waals surface area contributed by atoms with Gasteiger partial charge in [0, 0.05) is 0 Å². The lowest BCUT2D eigenvalue weighted by atomic mass is 10.2. The molecule has 2 rings (SSSR count). The summed E-state index contributed by atoms with van der Waals surface area (Å²) < 4.78 is 29.6. The largest absolute Gasteiger partial charge is 0.508 e. The highest BCUT2D eigenvalue weighted by Gasteiger charge is 2.06. The predicted octanol–water partition coefficient (Wildman–Crippen LogP) is 2.94. The normalized spacial score (nSPS) is 10.5. The van der Waals surface area contributed by atoms with Crippen molar-refractivity contribution in [1.82, 2.24) is 0 Å². The molecule has 0 bridgehead atoms. The minimum Gasteiger partial charge on any atom is -0.508 e. The Bertz CT molecular complexity index is 610.